The molecule has 0 spiro atoms. The summed E-state index contributed by atoms with van der Waals surface area (Å²) in [6.45, 7) is 0.319. The summed E-state index contributed by atoms with van der Waals surface area (Å²) in [6, 6.07) is 23.0. The fourth-order valence-corrected chi connectivity index (χ4v) is 4.13. The van der Waals surface area contributed by atoms with E-state index >= 15 is 0 Å². The van der Waals surface area contributed by atoms with Crippen LogP contribution in [0.4, 0.5) is 0 Å². The standard InChI is InChI=1S/C27H25NO5/c1-32-21-14-13-20(17-22(21)33-2)24-23(25(29)19-11-7-4-8-12-19)26(30)27(31)28(24)16-15-18-9-5-3-6-10-18/h3-14,17,24,29H,15-16H2,1-2H3/b25-23-. The summed E-state index contributed by atoms with van der Waals surface area (Å²) in [7, 11) is 3.07. The van der Waals surface area contributed by atoms with Crippen LogP contribution in [0.15, 0.2) is 84.4 Å². The molecule has 0 saturated carbocycles. The first-order chi connectivity index (χ1) is 16.0. The number of hydrogen-bond acceptors (Lipinski definition) is 5. The number of ketones is 1. The van der Waals surface area contributed by atoms with Gasteiger partial charge in [-0.05, 0) is 29.7 Å². The van der Waals surface area contributed by atoms with Crippen molar-refractivity contribution in [2.45, 2.75) is 12.5 Å². The Hall–Kier alpha value is -4.06. The Morgan fingerprint density at radius 1 is 0.879 bits per heavy atom. The van der Waals surface area contributed by atoms with Crippen LogP contribution in [-0.4, -0.2) is 42.5 Å². The lowest BCUT2D eigenvalue weighted by molar-refractivity contribution is -0.139. The van der Waals surface area contributed by atoms with Gasteiger partial charge in [0.15, 0.2) is 11.5 Å². The molecule has 3 aromatic carbocycles. The molecule has 1 aliphatic heterocycles. The van der Waals surface area contributed by atoms with Crippen molar-refractivity contribution in [3.05, 3.63) is 101 Å². The highest BCUT2D eigenvalue weighted by Crippen LogP contribution is 2.41. The minimum Gasteiger partial charge on any atom is -0.507 e. The molecular weight excluding hydrogens is 418 g/mol. The average Bonchev–Trinajstić information content (AvgIpc) is 3.12. The molecule has 3 aromatic rings. The molecular formula is C27H25NO5. The number of ether oxygens (including phenoxy) is 2. The minimum absolute atomic E-state index is 0.0616. The molecule has 33 heavy (non-hydrogen) atoms. The molecule has 1 N–H and O–H groups in total. The Labute approximate surface area is 192 Å². The summed E-state index contributed by atoms with van der Waals surface area (Å²) >= 11 is 0. The van der Waals surface area contributed by atoms with Gasteiger partial charge in [0.25, 0.3) is 11.7 Å². The zero-order valence-corrected chi connectivity index (χ0v) is 18.5. The van der Waals surface area contributed by atoms with Crippen LogP contribution in [0.3, 0.4) is 0 Å². The summed E-state index contributed by atoms with van der Waals surface area (Å²) in [5.41, 5.74) is 2.24. The number of carbonyl (C=O) groups excluding carboxylic acids is 2. The van der Waals surface area contributed by atoms with Gasteiger partial charge in [-0.1, -0.05) is 66.7 Å². The highest BCUT2D eigenvalue weighted by Gasteiger charge is 2.46. The molecule has 0 bridgehead atoms. The highest BCUT2D eigenvalue weighted by molar-refractivity contribution is 6.46. The fraction of sp³-hybridized carbons (Fsp3) is 0.185. The molecule has 1 heterocycles. The third-order valence-corrected chi connectivity index (χ3v) is 5.79. The number of rotatable bonds is 7. The minimum atomic E-state index is -0.756. The molecule has 0 aromatic heterocycles. The van der Waals surface area contributed by atoms with Gasteiger partial charge in [0.05, 0.1) is 25.8 Å². The number of amides is 1. The van der Waals surface area contributed by atoms with Crippen LogP contribution >= 0.6 is 0 Å². The Bertz CT molecular complexity index is 1190. The lowest BCUT2D eigenvalue weighted by Crippen LogP contribution is -2.31. The molecule has 0 radical (unpaired) electrons. The Morgan fingerprint density at radius 3 is 2.15 bits per heavy atom. The highest BCUT2D eigenvalue weighted by atomic mass is 16.5. The second-order valence-electron chi connectivity index (χ2n) is 7.71. The monoisotopic (exact) mass is 443 g/mol. The van der Waals surface area contributed by atoms with Crippen LogP contribution in [0.1, 0.15) is 22.7 Å². The van der Waals surface area contributed by atoms with Crippen LogP contribution in [0.25, 0.3) is 5.76 Å². The van der Waals surface area contributed by atoms with Crippen LogP contribution in [0.2, 0.25) is 0 Å². The lowest BCUT2D eigenvalue weighted by atomic mass is 9.95. The summed E-state index contributed by atoms with van der Waals surface area (Å²) in [4.78, 5) is 27.8. The second kappa shape index (κ2) is 9.61. The quantitative estimate of drug-likeness (QED) is 0.333. The van der Waals surface area contributed by atoms with Crippen molar-refractivity contribution in [2.24, 2.45) is 0 Å². The molecule has 168 valence electrons. The zero-order chi connectivity index (χ0) is 23.4. The number of nitrogens with zero attached hydrogens (tertiary/aromatic N) is 1. The molecule has 1 unspecified atom stereocenters. The molecule has 6 heteroatoms. The van der Waals surface area contributed by atoms with E-state index in [1.54, 1.807) is 49.6 Å². The lowest BCUT2D eigenvalue weighted by Gasteiger charge is -2.26. The number of aliphatic hydroxyl groups excluding tert-OH is 1. The molecule has 0 aliphatic carbocycles. The van der Waals surface area contributed by atoms with Gasteiger partial charge in [-0.2, -0.15) is 0 Å². The molecule has 1 fully saturated rings. The molecule has 1 amide bonds. The summed E-state index contributed by atoms with van der Waals surface area (Å²) in [5.74, 6) is -0.530. The van der Waals surface area contributed by atoms with Crippen molar-refractivity contribution in [3.8, 4) is 11.5 Å². The number of hydrogen-bond donors (Lipinski definition) is 1. The number of likely N-dealkylation sites (tertiary alicyclic amines) is 1. The van der Waals surface area contributed by atoms with Crippen molar-refractivity contribution in [2.75, 3.05) is 20.8 Å². The van der Waals surface area contributed by atoms with Gasteiger partial charge >= 0.3 is 0 Å². The number of methoxy groups -OCH3 is 2. The summed E-state index contributed by atoms with van der Waals surface area (Å²) in [6.07, 6.45) is 0.572. The number of carbonyl (C=O) groups is 2. The maximum absolute atomic E-state index is 13.1. The van der Waals surface area contributed by atoms with Gasteiger partial charge in [-0.15, -0.1) is 0 Å². The molecule has 1 atom stereocenters. The Balaban J connectivity index is 1.82. The van der Waals surface area contributed by atoms with Crippen LogP contribution in [-0.2, 0) is 16.0 Å². The van der Waals surface area contributed by atoms with E-state index in [9.17, 15) is 14.7 Å². The smallest absolute Gasteiger partial charge is 0.295 e. The predicted molar refractivity (Wildman–Crippen MR) is 125 cm³/mol. The van der Waals surface area contributed by atoms with Crippen molar-refractivity contribution in [1.29, 1.82) is 0 Å². The SMILES string of the molecule is COc1ccc(C2/C(=C(/O)c3ccccc3)C(=O)C(=O)N2CCc2ccccc2)cc1OC. The van der Waals surface area contributed by atoms with Crippen LogP contribution < -0.4 is 9.47 Å². The van der Waals surface area contributed by atoms with E-state index in [0.29, 0.717) is 35.6 Å². The first kappa shape index (κ1) is 22.1. The maximum Gasteiger partial charge on any atom is 0.295 e. The van der Waals surface area contributed by atoms with Gasteiger partial charge in [0.1, 0.15) is 5.76 Å². The van der Waals surface area contributed by atoms with E-state index in [-0.39, 0.29) is 11.3 Å². The van der Waals surface area contributed by atoms with Gasteiger partial charge in [0.2, 0.25) is 0 Å². The van der Waals surface area contributed by atoms with E-state index in [1.807, 2.05) is 36.4 Å². The largest absolute Gasteiger partial charge is 0.507 e. The van der Waals surface area contributed by atoms with Crippen molar-refractivity contribution in [3.63, 3.8) is 0 Å². The van der Waals surface area contributed by atoms with E-state index in [0.717, 1.165) is 5.56 Å². The zero-order valence-electron chi connectivity index (χ0n) is 18.5. The fourth-order valence-electron chi connectivity index (χ4n) is 4.13. The van der Waals surface area contributed by atoms with Crippen LogP contribution in [0.5, 0.6) is 11.5 Å². The average molecular weight is 443 g/mol. The van der Waals surface area contributed by atoms with Gasteiger partial charge in [-0.25, -0.2) is 0 Å². The number of benzene rings is 3. The third-order valence-electron chi connectivity index (χ3n) is 5.79. The predicted octanol–water partition coefficient (Wildman–Crippen LogP) is 4.37. The Morgan fingerprint density at radius 2 is 1.52 bits per heavy atom. The second-order valence-corrected chi connectivity index (χ2v) is 7.71. The van der Waals surface area contributed by atoms with Gasteiger partial charge < -0.3 is 19.5 Å². The van der Waals surface area contributed by atoms with Crippen molar-refractivity contribution in [1.82, 2.24) is 4.90 Å². The van der Waals surface area contributed by atoms with Crippen molar-refractivity contribution >= 4 is 17.4 Å². The van der Waals surface area contributed by atoms with E-state index < -0.39 is 17.7 Å². The molecule has 1 saturated heterocycles. The van der Waals surface area contributed by atoms with Gasteiger partial charge in [0, 0.05) is 12.1 Å². The summed E-state index contributed by atoms with van der Waals surface area (Å²) in [5, 5.41) is 11.1. The topological polar surface area (TPSA) is 76.1 Å². The number of aliphatic hydroxyl groups is 1. The maximum atomic E-state index is 13.1. The van der Waals surface area contributed by atoms with Crippen molar-refractivity contribution < 1.29 is 24.2 Å². The van der Waals surface area contributed by atoms with E-state index in [4.69, 9.17) is 9.47 Å². The van der Waals surface area contributed by atoms with Crippen LogP contribution in [0, 0.1) is 0 Å². The third kappa shape index (κ3) is 4.32. The van der Waals surface area contributed by atoms with E-state index in [1.165, 1.54) is 12.0 Å². The van der Waals surface area contributed by atoms with E-state index in [2.05, 4.69) is 0 Å². The first-order valence-electron chi connectivity index (χ1n) is 10.6. The first-order valence-corrected chi connectivity index (χ1v) is 10.6. The normalized spacial score (nSPS) is 17.3. The number of Topliss-reactive ketones (excluding diaryl/α,β-unsaturated/α-hetero) is 1. The Kier molecular flexibility index (Phi) is 6.45. The molecule has 1 aliphatic rings. The molecule has 4 rings (SSSR count). The van der Waals surface area contributed by atoms with Gasteiger partial charge in [-0.3, -0.25) is 9.59 Å². The summed E-state index contributed by atoms with van der Waals surface area (Å²) < 4.78 is 10.8. The molecule has 6 nitrogen and oxygen atoms in total.